The highest BCUT2D eigenvalue weighted by molar-refractivity contribution is 7.92. The third-order valence-electron chi connectivity index (χ3n) is 4.81. The molecule has 8 heteroatoms. The van der Waals surface area contributed by atoms with Crippen molar-refractivity contribution in [3.63, 3.8) is 0 Å². The van der Waals surface area contributed by atoms with Gasteiger partial charge in [0.15, 0.2) is 21.3 Å². The molecule has 0 unspecified atom stereocenters. The molecule has 1 fully saturated rings. The molecule has 3 atom stereocenters. The Morgan fingerprint density at radius 1 is 1.16 bits per heavy atom. The van der Waals surface area contributed by atoms with Gasteiger partial charge in [0.25, 0.3) is 0 Å². The second-order valence-electron chi connectivity index (χ2n) is 6.28. The van der Waals surface area contributed by atoms with Crippen LogP contribution in [-0.4, -0.2) is 37.7 Å². The first-order chi connectivity index (χ1) is 11.9. The van der Waals surface area contributed by atoms with Crippen LogP contribution in [0.1, 0.15) is 11.5 Å². The van der Waals surface area contributed by atoms with Gasteiger partial charge in [-0.1, -0.05) is 17.7 Å². The summed E-state index contributed by atoms with van der Waals surface area (Å²) in [6, 6.07) is 11.1. The van der Waals surface area contributed by atoms with Crippen LogP contribution in [0.4, 0.5) is 0 Å². The molecule has 0 amide bonds. The summed E-state index contributed by atoms with van der Waals surface area (Å²) in [6.45, 7) is -0.312. The first kappa shape index (κ1) is 16.7. The number of ether oxygens (including phenoxy) is 2. The number of nitrogens with two attached hydrogens (primary N) is 1. The van der Waals surface area contributed by atoms with E-state index in [-0.39, 0.29) is 11.7 Å². The summed E-state index contributed by atoms with van der Waals surface area (Å²) in [5.74, 6) is 0.619. The van der Waals surface area contributed by atoms with Gasteiger partial charge in [0.1, 0.15) is 0 Å². The van der Waals surface area contributed by atoms with Crippen molar-refractivity contribution < 1.29 is 23.0 Å². The van der Waals surface area contributed by atoms with Crippen LogP contribution in [0.2, 0.25) is 5.02 Å². The molecule has 2 aliphatic rings. The Kier molecular flexibility index (Phi) is 3.73. The molecule has 2 aromatic carbocycles. The van der Waals surface area contributed by atoms with E-state index in [1.807, 2.05) is 0 Å². The van der Waals surface area contributed by atoms with Gasteiger partial charge in [0.2, 0.25) is 6.79 Å². The molecule has 1 aliphatic carbocycles. The number of halogens is 1. The molecular formula is C17H16ClNO5S. The molecule has 1 heterocycles. The number of aliphatic hydroxyl groups excluding tert-OH is 1. The molecule has 25 heavy (non-hydrogen) atoms. The van der Waals surface area contributed by atoms with Crippen LogP contribution >= 0.6 is 11.6 Å². The molecule has 1 saturated carbocycles. The Labute approximate surface area is 150 Å². The number of hydrogen-bond donors (Lipinski definition) is 2. The summed E-state index contributed by atoms with van der Waals surface area (Å²) in [5, 5.41) is 9.27. The van der Waals surface area contributed by atoms with Crippen molar-refractivity contribution >= 4 is 21.4 Å². The average Bonchev–Trinajstić information content (AvgIpc) is 2.99. The predicted octanol–water partition coefficient (Wildman–Crippen LogP) is 1.70. The molecule has 0 radical (unpaired) electrons. The topological polar surface area (TPSA) is 98.8 Å². The van der Waals surface area contributed by atoms with Gasteiger partial charge < -0.3 is 20.3 Å². The van der Waals surface area contributed by atoms with Gasteiger partial charge in [-0.15, -0.1) is 0 Å². The first-order valence-corrected chi connectivity index (χ1v) is 9.59. The fraction of sp³-hybridized carbons (Fsp3) is 0.294. The molecule has 0 saturated heterocycles. The van der Waals surface area contributed by atoms with Crippen molar-refractivity contribution in [3.8, 4) is 11.5 Å². The predicted molar refractivity (Wildman–Crippen MR) is 91.7 cm³/mol. The van der Waals surface area contributed by atoms with Crippen molar-refractivity contribution in [1.82, 2.24) is 0 Å². The zero-order valence-corrected chi connectivity index (χ0v) is 14.6. The highest BCUT2D eigenvalue weighted by Crippen LogP contribution is 2.56. The molecule has 0 bridgehead atoms. The van der Waals surface area contributed by atoms with Gasteiger partial charge in [-0.05, 0) is 42.0 Å². The smallest absolute Gasteiger partial charge is 0.231 e. The fourth-order valence-electron chi connectivity index (χ4n) is 3.44. The standard InChI is InChI=1S/C17H16ClNO5S/c18-11-2-4-12(5-3-11)25(21,22)16-15(17(16,19)8-20)10-1-6-13-14(7-10)24-9-23-13/h1-7,15-16,20H,8-9,19H2/t15-,16+,17-/m1/s1. The Balaban J connectivity index is 1.73. The van der Waals surface area contributed by atoms with Crippen LogP contribution in [0.3, 0.4) is 0 Å². The zero-order chi connectivity index (χ0) is 17.8. The van der Waals surface area contributed by atoms with E-state index in [2.05, 4.69) is 0 Å². The summed E-state index contributed by atoms with van der Waals surface area (Å²) in [5.41, 5.74) is 5.69. The minimum Gasteiger partial charge on any atom is -0.454 e. The van der Waals surface area contributed by atoms with Gasteiger partial charge in [-0.2, -0.15) is 0 Å². The molecular weight excluding hydrogens is 366 g/mol. The zero-order valence-electron chi connectivity index (χ0n) is 13.1. The van der Waals surface area contributed by atoms with Gasteiger partial charge in [-0.3, -0.25) is 0 Å². The van der Waals surface area contributed by atoms with E-state index in [1.165, 1.54) is 24.3 Å². The van der Waals surface area contributed by atoms with Gasteiger partial charge >= 0.3 is 0 Å². The maximum Gasteiger partial charge on any atom is 0.231 e. The van der Waals surface area contributed by atoms with Crippen LogP contribution in [-0.2, 0) is 9.84 Å². The van der Waals surface area contributed by atoms with Crippen molar-refractivity contribution in [2.24, 2.45) is 5.73 Å². The number of hydrogen-bond acceptors (Lipinski definition) is 6. The van der Waals surface area contributed by atoms with E-state index in [0.717, 1.165) is 0 Å². The lowest BCUT2D eigenvalue weighted by molar-refractivity contribution is 0.174. The lowest BCUT2D eigenvalue weighted by Crippen LogP contribution is -2.35. The van der Waals surface area contributed by atoms with E-state index in [4.69, 9.17) is 26.8 Å². The molecule has 0 spiro atoms. The lowest BCUT2D eigenvalue weighted by atomic mass is 10.1. The van der Waals surface area contributed by atoms with E-state index >= 15 is 0 Å². The summed E-state index contributed by atoms with van der Waals surface area (Å²) < 4.78 is 36.6. The van der Waals surface area contributed by atoms with E-state index < -0.39 is 33.2 Å². The normalized spacial score (nSPS) is 27.3. The van der Waals surface area contributed by atoms with Crippen LogP contribution < -0.4 is 15.2 Å². The highest BCUT2D eigenvalue weighted by Gasteiger charge is 2.69. The van der Waals surface area contributed by atoms with Crippen LogP contribution in [0.5, 0.6) is 11.5 Å². The minimum atomic E-state index is -3.73. The molecule has 132 valence electrons. The number of rotatable bonds is 4. The second kappa shape index (κ2) is 5.60. The van der Waals surface area contributed by atoms with E-state index in [9.17, 15) is 13.5 Å². The van der Waals surface area contributed by atoms with Gasteiger partial charge in [0.05, 0.1) is 22.3 Å². The van der Waals surface area contributed by atoms with Crippen LogP contribution in [0, 0.1) is 0 Å². The Bertz CT molecular complexity index is 931. The quantitative estimate of drug-likeness (QED) is 0.836. The summed E-state index contributed by atoms with van der Waals surface area (Å²) >= 11 is 5.83. The molecule has 2 aromatic rings. The van der Waals surface area contributed by atoms with Crippen molar-refractivity contribution in [2.75, 3.05) is 13.4 Å². The van der Waals surface area contributed by atoms with Crippen molar-refractivity contribution in [1.29, 1.82) is 0 Å². The molecule has 1 aliphatic heterocycles. The number of sulfone groups is 1. The Hall–Kier alpha value is -1.80. The second-order valence-corrected chi connectivity index (χ2v) is 8.79. The third-order valence-corrected chi connectivity index (χ3v) is 7.37. The lowest BCUT2D eigenvalue weighted by Gasteiger charge is -2.08. The number of benzene rings is 2. The number of aliphatic hydroxyl groups is 1. The molecule has 6 nitrogen and oxygen atoms in total. The Morgan fingerprint density at radius 2 is 1.84 bits per heavy atom. The van der Waals surface area contributed by atoms with Gasteiger partial charge in [0, 0.05) is 10.9 Å². The Morgan fingerprint density at radius 3 is 2.52 bits per heavy atom. The van der Waals surface area contributed by atoms with E-state index in [0.29, 0.717) is 22.1 Å². The SMILES string of the molecule is N[C@]1(CO)[C@H](c2ccc3c(c2)OCO3)[C@@H]1S(=O)(=O)c1ccc(Cl)cc1. The molecule has 4 rings (SSSR count). The molecule has 3 N–H and O–H groups in total. The number of fused-ring (bicyclic) bond motifs is 1. The van der Waals surface area contributed by atoms with Crippen molar-refractivity contribution in [3.05, 3.63) is 53.1 Å². The monoisotopic (exact) mass is 381 g/mol. The average molecular weight is 382 g/mol. The van der Waals surface area contributed by atoms with E-state index in [1.54, 1.807) is 18.2 Å². The largest absolute Gasteiger partial charge is 0.454 e. The summed E-state index contributed by atoms with van der Waals surface area (Å²) in [7, 11) is -3.73. The fourth-order valence-corrected chi connectivity index (χ4v) is 5.87. The maximum absolute atomic E-state index is 13.0. The van der Waals surface area contributed by atoms with Gasteiger partial charge in [-0.25, -0.2) is 8.42 Å². The summed E-state index contributed by atoms with van der Waals surface area (Å²) in [4.78, 5) is 0.133. The minimum absolute atomic E-state index is 0.129. The highest BCUT2D eigenvalue weighted by atomic mass is 35.5. The van der Waals surface area contributed by atoms with Crippen LogP contribution in [0.25, 0.3) is 0 Å². The van der Waals surface area contributed by atoms with Crippen LogP contribution in [0.15, 0.2) is 47.4 Å². The maximum atomic E-state index is 13.0. The summed E-state index contributed by atoms with van der Waals surface area (Å²) in [6.07, 6.45) is 0. The first-order valence-electron chi connectivity index (χ1n) is 7.66. The van der Waals surface area contributed by atoms with Crippen molar-refractivity contribution in [2.45, 2.75) is 21.6 Å². The third kappa shape index (κ3) is 2.50. The molecule has 0 aromatic heterocycles.